The van der Waals surface area contributed by atoms with Gasteiger partial charge in [0.2, 0.25) is 5.91 Å². The van der Waals surface area contributed by atoms with Crippen molar-refractivity contribution < 1.29 is 53.9 Å². The van der Waals surface area contributed by atoms with Crippen molar-refractivity contribution in [1.29, 1.82) is 0 Å². The highest BCUT2D eigenvalue weighted by molar-refractivity contribution is 7.47. The monoisotopic (exact) mass is 808 g/mol. The summed E-state index contributed by atoms with van der Waals surface area (Å²) in [4.78, 5) is 23.3. The molecular formula is C42H82NO11P. The van der Waals surface area contributed by atoms with Gasteiger partial charge in [-0.3, -0.25) is 13.8 Å². The van der Waals surface area contributed by atoms with E-state index >= 15 is 0 Å². The summed E-state index contributed by atoms with van der Waals surface area (Å²) in [7, 11) is -5.07. The van der Waals surface area contributed by atoms with Crippen molar-refractivity contribution in [3.05, 3.63) is 12.2 Å². The van der Waals surface area contributed by atoms with Gasteiger partial charge >= 0.3 is 7.82 Å². The van der Waals surface area contributed by atoms with Crippen molar-refractivity contribution in [3.8, 4) is 0 Å². The Morgan fingerprint density at radius 3 is 1.38 bits per heavy atom. The fourth-order valence-electron chi connectivity index (χ4n) is 7.14. The molecule has 0 bridgehead atoms. The van der Waals surface area contributed by atoms with Crippen LogP contribution in [-0.2, 0) is 18.4 Å². The number of amides is 1. The topological polar surface area (TPSA) is 206 Å². The van der Waals surface area contributed by atoms with E-state index in [0.29, 0.717) is 6.42 Å². The van der Waals surface area contributed by atoms with E-state index in [4.69, 9.17) is 9.05 Å². The lowest BCUT2D eigenvalue weighted by Gasteiger charge is -2.41. The summed E-state index contributed by atoms with van der Waals surface area (Å²) in [5.74, 6) is -0.341. The SMILES string of the molecule is CCCCCCCCCCCCCCCCC/C=C/[C@@H](O)[C@H](COP(=O)(O)OC1C(O)C(O)C(O)[C@@H](O)C1O)NC(=O)CCCCCCCCCCCCC. The number of rotatable bonds is 36. The first-order valence-electron chi connectivity index (χ1n) is 22.1. The van der Waals surface area contributed by atoms with Gasteiger partial charge in [0.15, 0.2) is 0 Å². The van der Waals surface area contributed by atoms with Gasteiger partial charge in [-0.05, 0) is 19.3 Å². The van der Waals surface area contributed by atoms with Gasteiger partial charge < -0.3 is 40.8 Å². The van der Waals surface area contributed by atoms with E-state index in [-0.39, 0.29) is 12.3 Å². The molecule has 0 aromatic carbocycles. The molecular weight excluding hydrogens is 725 g/mol. The van der Waals surface area contributed by atoms with Gasteiger partial charge in [0.25, 0.3) is 0 Å². The molecule has 1 fully saturated rings. The average molecular weight is 808 g/mol. The van der Waals surface area contributed by atoms with E-state index in [1.807, 2.05) is 6.08 Å². The van der Waals surface area contributed by atoms with Crippen molar-refractivity contribution in [2.75, 3.05) is 6.61 Å². The molecule has 1 saturated carbocycles. The van der Waals surface area contributed by atoms with Crippen molar-refractivity contribution in [3.63, 3.8) is 0 Å². The van der Waals surface area contributed by atoms with Gasteiger partial charge in [-0.1, -0.05) is 180 Å². The number of aliphatic hydroxyl groups is 6. The number of unbranched alkanes of at least 4 members (excludes halogenated alkanes) is 25. The van der Waals surface area contributed by atoms with Crippen LogP contribution in [0.1, 0.15) is 194 Å². The van der Waals surface area contributed by atoms with Gasteiger partial charge in [0.05, 0.1) is 18.8 Å². The van der Waals surface area contributed by atoms with Crippen LogP contribution in [-0.4, -0.2) is 96.8 Å². The molecule has 13 heteroatoms. The minimum absolute atomic E-state index is 0.217. The lowest BCUT2D eigenvalue weighted by molar-refractivity contribution is -0.220. The van der Waals surface area contributed by atoms with Crippen LogP contribution in [0, 0.1) is 0 Å². The second-order valence-corrected chi connectivity index (χ2v) is 17.3. The third-order valence-electron chi connectivity index (χ3n) is 10.8. The molecule has 9 atom stereocenters. The van der Waals surface area contributed by atoms with Crippen LogP contribution in [0.25, 0.3) is 0 Å². The number of phosphoric ester groups is 1. The summed E-state index contributed by atoms with van der Waals surface area (Å²) in [6.07, 6.45) is 22.9. The number of aliphatic hydroxyl groups excluding tert-OH is 6. The highest BCUT2D eigenvalue weighted by Crippen LogP contribution is 2.47. The predicted molar refractivity (Wildman–Crippen MR) is 218 cm³/mol. The quantitative estimate of drug-likeness (QED) is 0.0175. The molecule has 0 heterocycles. The Labute approximate surface area is 333 Å². The Hall–Kier alpha value is -0.920. The number of carbonyl (C=O) groups excluding carboxylic acids is 1. The normalized spacial score (nSPS) is 23.9. The molecule has 1 aliphatic carbocycles. The first-order valence-corrected chi connectivity index (χ1v) is 23.6. The molecule has 0 spiro atoms. The third-order valence-corrected chi connectivity index (χ3v) is 11.8. The van der Waals surface area contributed by atoms with Gasteiger partial charge in [-0.15, -0.1) is 0 Å². The van der Waals surface area contributed by atoms with Gasteiger partial charge in [-0.2, -0.15) is 0 Å². The highest BCUT2D eigenvalue weighted by Gasteiger charge is 2.51. The zero-order valence-corrected chi connectivity index (χ0v) is 35.4. The summed E-state index contributed by atoms with van der Waals surface area (Å²) in [6, 6.07) is -1.11. The predicted octanol–water partition coefficient (Wildman–Crippen LogP) is 7.67. The molecule has 12 nitrogen and oxygen atoms in total. The number of phosphoric acid groups is 1. The minimum atomic E-state index is -5.07. The van der Waals surface area contributed by atoms with E-state index < -0.39 is 63.2 Å². The van der Waals surface area contributed by atoms with Crippen LogP contribution in [0.5, 0.6) is 0 Å². The largest absolute Gasteiger partial charge is 0.472 e. The van der Waals surface area contributed by atoms with Gasteiger partial charge in [0.1, 0.15) is 36.6 Å². The summed E-state index contributed by atoms with van der Waals surface area (Å²) >= 11 is 0. The maximum Gasteiger partial charge on any atom is 0.472 e. The standard InChI is InChI=1S/C42H82NO11P/c1-3-5-7-9-11-13-15-16-17-18-19-20-22-23-25-27-29-31-35(44)34(43-36(45)32-30-28-26-24-21-14-12-10-8-6-4-2)33-53-55(51,52)54-42-40(49)38(47)37(46)39(48)41(42)50/h29,31,34-35,37-42,44,46-50H,3-28,30,32-33H2,1-2H3,(H,43,45)(H,51,52)/b31-29+/t34-,35+,37?,38+,39?,40?,41?,42?/m0/s1. The van der Waals surface area contributed by atoms with Crippen LogP contribution in [0.3, 0.4) is 0 Å². The van der Waals surface area contributed by atoms with E-state index in [2.05, 4.69) is 19.2 Å². The second-order valence-electron chi connectivity index (χ2n) is 15.9. The fraction of sp³-hybridized carbons (Fsp3) is 0.929. The fourth-order valence-corrected chi connectivity index (χ4v) is 8.10. The highest BCUT2D eigenvalue weighted by atomic mass is 31.2. The Bertz CT molecular complexity index is 989. The molecule has 0 aromatic heterocycles. The summed E-state index contributed by atoms with van der Waals surface area (Å²) < 4.78 is 22.8. The summed E-state index contributed by atoms with van der Waals surface area (Å²) in [6.45, 7) is 3.82. The Kier molecular flexibility index (Phi) is 31.2. The van der Waals surface area contributed by atoms with E-state index in [9.17, 15) is 44.9 Å². The van der Waals surface area contributed by atoms with Crippen LogP contribution < -0.4 is 5.32 Å². The minimum Gasteiger partial charge on any atom is -0.387 e. The molecule has 0 aromatic rings. The van der Waals surface area contributed by atoms with Crippen molar-refractivity contribution in [1.82, 2.24) is 5.32 Å². The maximum absolute atomic E-state index is 12.9. The smallest absolute Gasteiger partial charge is 0.387 e. The Morgan fingerprint density at radius 2 is 0.964 bits per heavy atom. The number of nitrogens with one attached hydrogen (secondary N) is 1. The molecule has 1 rings (SSSR count). The van der Waals surface area contributed by atoms with E-state index in [1.54, 1.807) is 0 Å². The summed E-state index contributed by atoms with van der Waals surface area (Å²) in [5, 5.41) is 63.8. The molecule has 6 unspecified atom stereocenters. The van der Waals surface area contributed by atoms with Crippen molar-refractivity contribution in [2.45, 2.75) is 242 Å². The van der Waals surface area contributed by atoms with E-state index in [1.165, 1.54) is 128 Å². The Balaban J connectivity index is 2.52. The Morgan fingerprint density at radius 1 is 0.600 bits per heavy atom. The first kappa shape index (κ1) is 52.1. The van der Waals surface area contributed by atoms with Gasteiger partial charge in [-0.25, -0.2) is 4.57 Å². The number of allylic oxidation sites excluding steroid dienone is 1. The first-order chi connectivity index (χ1) is 26.4. The molecule has 1 amide bonds. The van der Waals surface area contributed by atoms with E-state index in [0.717, 1.165) is 44.9 Å². The van der Waals surface area contributed by atoms with Crippen LogP contribution >= 0.6 is 7.82 Å². The molecule has 55 heavy (non-hydrogen) atoms. The molecule has 0 aliphatic heterocycles. The molecule has 1 aliphatic rings. The van der Waals surface area contributed by atoms with Crippen molar-refractivity contribution >= 4 is 13.7 Å². The molecule has 0 saturated heterocycles. The molecule has 8 N–H and O–H groups in total. The van der Waals surface area contributed by atoms with Crippen LogP contribution in [0.2, 0.25) is 0 Å². The average Bonchev–Trinajstić information content (AvgIpc) is 3.16. The zero-order valence-electron chi connectivity index (χ0n) is 34.5. The third kappa shape index (κ3) is 25.2. The number of hydrogen-bond donors (Lipinski definition) is 8. The zero-order chi connectivity index (χ0) is 40.7. The maximum atomic E-state index is 12.9. The molecule has 0 radical (unpaired) electrons. The van der Waals surface area contributed by atoms with Crippen molar-refractivity contribution in [2.24, 2.45) is 0 Å². The van der Waals surface area contributed by atoms with Crippen LogP contribution in [0.15, 0.2) is 12.2 Å². The van der Waals surface area contributed by atoms with Gasteiger partial charge in [0, 0.05) is 6.42 Å². The second kappa shape index (κ2) is 33.0. The molecule has 326 valence electrons. The van der Waals surface area contributed by atoms with Crippen LogP contribution in [0.4, 0.5) is 0 Å². The lowest BCUT2D eigenvalue weighted by atomic mass is 9.85. The summed E-state index contributed by atoms with van der Waals surface area (Å²) in [5.41, 5.74) is 0. The lowest BCUT2D eigenvalue weighted by Crippen LogP contribution is -2.64. The number of hydrogen-bond acceptors (Lipinski definition) is 10. The number of carbonyl (C=O) groups is 1.